The number of carbonyl (C=O) groups excluding carboxylic acids is 6. The lowest BCUT2D eigenvalue weighted by atomic mass is 9.68. The Kier molecular flexibility index (Phi) is 12.1. The van der Waals surface area contributed by atoms with Crippen LogP contribution in [0.15, 0.2) is 36.1 Å². The Morgan fingerprint density at radius 1 is 0.800 bits per heavy atom. The molecule has 298 valence electrons. The molecular weight excluding hydrogens is 724 g/mol. The summed E-state index contributed by atoms with van der Waals surface area (Å²) in [5.74, 6) is -4.99. The third-order valence-electron chi connectivity index (χ3n) is 10.5. The summed E-state index contributed by atoms with van der Waals surface area (Å²) in [6.07, 6.45) is -5.14. The number of piperidine rings is 1. The Hall–Kier alpha value is -5.00. The Bertz CT molecular complexity index is 1840. The lowest BCUT2D eigenvalue weighted by Crippen LogP contribution is -2.63. The van der Waals surface area contributed by atoms with Gasteiger partial charge in [-0.1, -0.05) is 18.2 Å². The number of fused-ring (bicyclic) bond motifs is 6. The number of esters is 6. The van der Waals surface area contributed by atoms with Crippen LogP contribution in [-0.4, -0.2) is 122 Å². The van der Waals surface area contributed by atoms with Crippen molar-refractivity contribution in [1.29, 1.82) is 0 Å². The molecule has 1 aromatic carbocycles. The van der Waals surface area contributed by atoms with E-state index in [2.05, 4.69) is 16.0 Å². The van der Waals surface area contributed by atoms with Gasteiger partial charge in [-0.15, -0.1) is 0 Å². The molecule has 0 amide bonds. The largest absolute Gasteiger partial charge is 0.495 e. The van der Waals surface area contributed by atoms with Gasteiger partial charge >= 0.3 is 35.8 Å². The van der Waals surface area contributed by atoms with E-state index in [-0.39, 0.29) is 19.3 Å². The van der Waals surface area contributed by atoms with E-state index in [9.17, 15) is 28.8 Å². The number of methoxy groups -OCH3 is 1. The molecule has 4 aliphatic heterocycles. The number of hydrogen-bond acceptors (Lipinski definition) is 16. The van der Waals surface area contributed by atoms with Gasteiger partial charge in [-0.2, -0.15) is 0 Å². The molecule has 0 saturated carbocycles. The minimum atomic E-state index is -1.46. The lowest BCUT2D eigenvalue weighted by molar-refractivity contribution is -0.312. The summed E-state index contributed by atoms with van der Waals surface area (Å²) in [5, 5.41) is 1.13. The van der Waals surface area contributed by atoms with Crippen LogP contribution < -0.4 is 0 Å². The molecule has 17 nitrogen and oxygen atoms in total. The van der Waals surface area contributed by atoms with E-state index in [1.54, 1.807) is 0 Å². The average molecular weight is 771 g/mol. The van der Waals surface area contributed by atoms with Gasteiger partial charge in [0.25, 0.3) is 0 Å². The third kappa shape index (κ3) is 8.48. The van der Waals surface area contributed by atoms with Crippen LogP contribution in [-0.2, 0) is 77.8 Å². The SMILES string of the molecule is COC(=O)C1=CO[C@@H](CO[C@@H]2O[C@H](COC(C)=O)[C@@H](OC(C)=O)[C@@H](OC(C)=O)[C@H]2OC(C)=O)[C@@H]2C(COC(C)=O)N3CCc4c([nH]c5ccccc45)[C@@H]3C[C@H]12. The van der Waals surface area contributed by atoms with E-state index in [0.29, 0.717) is 18.5 Å². The first kappa shape index (κ1) is 39.7. The maximum atomic E-state index is 13.3. The number of carbonyl (C=O) groups is 6. The summed E-state index contributed by atoms with van der Waals surface area (Å²) < 4.78 is 51.4. The Balaban J connectivity index is 1.35. The van der Waals surface area contributed by atoms with E-state index >= 15 is 0 Å². The quantitative estimate of drug-likeness (QED) is 0.257. The Morgan fingerprint density at radius 2 is 1.45 bits per heavy atom. The fourth-order valence-corrected chi connectivity index (χ4v) is 8.44. The molecule has 0 radical (unpaired) electrons. The predicted octanol–water partition coefficient (Wildman–Crippen LogP) is 2.19. The zero-order chi connectivity index (χ0) is 39.6. The number of nitrogens with zero attached hydrogens (tertiary/aromatic N) is 1. The van der Waals surface area contributed by atoms with Gasteiger partial charge in [-0.05, 0) is 24.5 Å². The average Bonchev–Trinajstić information content (AvgIpc) is 3.52. The Labute approximate surface area is 316 Å². The first-order chi connectivity index (χ1) is 26.3. The van der Waals surface area contributed by atoms with Crippen LogP contribution >= 0.6 is 0 Å². The molecule has 4 aliphatic rings. The van der Waals surface area contributed by atoms with Gasteiger partial charge in [0.2, 0.25) is 0 Å². The van der Waals surface area contributed by atoms with Gasteiger partial charge in [-0.25, -0.2) is 4.79 Å². The molecule has 0 spiro atoms. The van der Waals surface area contributed by atoms with Crippen LogP contribution in [0.4, 0.5) is 0 Å². The van der Waals surface area contributed by atoms with Crippen LogP contribution in [0, 0.1) is 11.8 Å². The van der Waals surface area contributed by atoms with Gasteiger partial charge in [-0.3, -0.25) is 28.9 Å². The van der Waals surface area contributed by atoms with E-state index in [4.69, 9.17) is 42.6 Å². The molecule has 1 unspecified atom stereocenters. The number of rotatable bonds is 11. The summed E-state index contributed by atoms with van der Waals surface area (Å²) in [6.45, 7) is 5.85. The smallest absolute Gasteiger partial charge is 0.337 e. The standard InChI is InChI=1S/C38H46N2O15/c1-18(41)48-15-29-32-25(13-28-33-24(11-12-40(28)29)23-9-7-8-10-27(23)39-33)26(37(46)47-6)14-50-30(32)16-51-38-36(54-22(5)45)35(53-21(4)44)34(52-20(3)43)31(55-38)17-49-19(2)42/h7-10,14,25,28-32,34-36,38-39H,11-13,15-17H2,1-6H3/t25-,28+,29?,30+,31-,32+,34-,35-,36-,38-/m1/s1. The van der Waals surface area contributed by atoms with Gasteiger partial charge in [0.15, 0.2) is 24.6 Å². The van der Waals surface area contributed by atoms with Crippen molar-refractivity contribution in [1.82, 2.24) is 9.88 Å². The van der Waals surface area contributed by atoms with E-state index in [1.807, 2.05) is 18.2 Å². The van der Waals surface area contributed by atoms with Crippen molar-refractivity contribution >= 4 is 46.7 Å². The van der Waals surface area contributed by atoms with Crippen molar-refractivity contribution in [2.24, 2.45) is 11.8 Å². The van der Waals surface area contributed by atoms with Crippen molar-refractivity contribution in [3.05, 3.63) is 47.4 Å². The molecule has 1 aromatic heterocycles. The third-order valence-corrected chi connectivity index (χ3v) is 10.5. The monoisotopic (exact) mass is 770 g/mol. The number of aromatic nitrogens is 1. The van der Waals surface area contributed by atoms with Gasteiger partial charge in [0, 0.05) is 69.6 Å². The van der Waals surface area contributed by atoms with Crippen LogP contribution in [0.5, 0.6) is 0 Å². The van der Waals surface area contributed by atoms with Crippen molar-refractivity contribution < 1.29 is 71.4 Å². The highest BCUT2D eigenvalue weighted by molar-refractivity contribution is 5.89. The molecule has 2 aromatic rings. The normalized spacial score (nSPS) is 29.9. The number of H-pyrrole nitrogens is 1. The summed E-state index contributed by atoms with van der Waals surface area (Å²) in [5.41, 5.74) is 3.53. The second-order valence-electron chi connectivity index (χ2n) is 14.0. The second-order valence-corrected chi connectivity index (χ2v) is 14.0. The van der Waals surface area contributed by atoms with Crippen LogP contribution in [0.3, 0.4) is 0 Å². The van der Waals surface area contributed by atoms with E-state index in [0.717, 1.165) is 43.8 Å². The molecule has 1 N–H and O–H groups in total. The number of aromatic amines is 1. The molecule has 17 heteroatoms. The molecule has 6 rings (SSSR count). The van der Waals surface area contributed by atoms with E-state index in [1.165, 1.54) is 32.8 Å². The predicted molar refractivity (Wildman–Crippen MR) is 186 cm³/mol. The number of benzene rings is 1. The summed E-state index contributed by atoms with van der Waals surface area (Å²) >= 11 is 0. The fourth-order valence-electron chi connectivity index (χ4n) is 8.44. The second kappa shape index (κ2) is 16.8. The summed E-state index contributed by atoms with van der Waals surface area (Å²) in [6, 6.07) is 7.42. The summed E-state index contributed by atoms with van der Waals surface area (Å²) in [7, 11) is 1.29. The van der Waals surface area contributed by atoms with E-state index < -0.39 is 97.1 Å². The molecule has 0 bridgehead atoms. The molecule has 10 atom stereocenters. The Morgan fingerprint density at radius 3 is 2.13 bits per heavy atom. The molecular formula is C38H46N2O15. The van der Waals surface area contributed by atoms with Crippen LogP contribution in [0.2, 0.25) is 0 Å². The molecule has 2 fully saturated rings. The fraction of sp³-hybridized carbons (Fsp3) is 0.579. The highest BCUT2D eigenvalue weighted by Gasteiger charge is 2.56. The number of nitrogens with one attached hydrogen (secondary N) is 1. The minimum absolute atomic E-state index is 0.0179. The first-order valence-electron chi connectivity index (χ1n) is 18.1. The maximum absolute atomic E-state index is 13.3. The zero-order valence-electron chi connectivity index (χ0n) is 31.5. The van der Waals surface area contributed by atoms with Gasteiger partial charge < -0.3 is 47.6 Å². The number of ether oxygens (including phenoxy) is 9. The summed E-state index contributed by atoms with van der Waals surface area (Å²) in [4.78, 5) is 80.2. The molecule has 5 heterocycles. The number of para-hydroxylation sites is 1. The van der Waals surface area contributed by atoms with Crippen LogP contribution in [0.1, 0.15) is 58.3 Å². The molecule has 55 heavy (non-hydrogen) atoms. The van der Waals surface area contributed by atoms with Crippen molar-refractivity contribution in [2.75, 3.05) is 33.5 Å². The number of hydrogen-bond donors (Lipinski definition) is 1. The topological polar surface area (TPSA) is 205 Å². The molecule has 0 aliphatic carbocycles. The maximum Gasteiger partial charge on any atom is 0.337 e. The van der Waals surface area contributed by atoms with Crippen LogP contribution in [0.25, 0.3) is 10.9 Å². The van der Waals surface area contributed by atoms with Crippen molar-refractivity contribution in [3.8, 4) is 0 Å². The lowest BCUT2D eigenvalue weighted by Gasteiger charge is -2.54. The van der Waals surface area contributed by atoms with Crippen molar-refractivity contribution in [3.63, 3.8) is 0 Å². The molecule has 2 saturated heterocycles. The van der Waals surface area contributed by atoms with Crippen molar-refractivity contribution in [2.45, 2.75) is 96.4 Å². The van der Waals surface area contributed by atoms with Gasteiger partial charge in [0.05, 0.1) is 37.6 Å². The first-order valence-corrected chi connectivity index (χ1v) is 18.1. The minimum Gasteiger partial charge on any atom is -0.495 e. The zero-order valence-corrected chi connectivity index (χ0v) is 31.5. The highest BCUT2D eigenvalue weighted by atomic mass is 16.7. The highest BCUT2D eigenvalue weighted by Crippen LogP contribution is 2.51. The van der Waals surface area contributed by atoms with Gasteiger partial charge in [0.1, 0.15) is 25.4 Å².